The first kappa shape index (κ1) is 13.4. The zero-order valence-electron chi connectivity index (χ0n) is 9.21. The lowest BCUT2D eigenvalue weighted by atomic mass is 9.97. The summed E-state index contributed by atoms with van der Waals surface area (Å²) >= 11 is 0. The summed E-state index contributed by atoms with van der Waals surface area (Å²) in [6.07, 6.45) is -1.14. The number of carbonyl (C=O) groups is 3. The van der Waals surface area contributed by atoms with Crippen molar-refractivity contribution in [2.45, 2.75) is 31.7 Å². The van der Waals surface area contributed by atoms with Crippen molar-refractivity contribution in [1.82, 2.24) is 10.6 Å². The molecule has 0 aromatic rings. The first-order valence-electron chi connectivity index (χ1n) is 5.10. The number of rotatable bonds is 4. The van der Waals surface area contributed by atoms with Gasteiger partial charge in [0, 0.05) is 6.42 Å². The highest BCUT2D eigenvalue weighted by molar-refractivity contribution is 5.92. The van der Waals surface area contributed by atoms with Crippen LogP contribution in [0.4, 0.5) is 0 Å². The van der Waals surface area contributed by atoms with Crippen LogP contribution in [0, 0.1) is 5.92 Å². The van der Waals surface area contributed by atoms with Gasteiger partial charge in [-0.3, -0.25) is 9.59 Å². The summed E-state index contributed by atoms with van der Waals surface area (Å²) in [5.41, 5.74) is 5.29. The van der Waals surface area contributed by atoms with Crippen molar-refractivity contribution in [3.8, 4) is 0 Å². The van der Waals surface area contributed by atoms with Crippen LogP contribution in [0.5, 0.6) is 0 Å². The Kier molecular flexibility index (Phi) is 4.02. The number of carboxylic acids is 1. The third-order valence-electron chi connectivity index (χ3n) is 2.50. The lowest BCUT2D eigenvalue weighted by Gasteiger charge is -2.19. The molecule has 3 unspecified atom stereocenters. The van der Waals surface area contributed by atoms with Crippen molar-refractivity contribution in [2.75, 3.05) is 0 Å². The quantitative estimate of drug-likeness (QED) is 0.366. The van der Waals surface area contributed by atoms with E-state index in [-0.39, 0.29) is 6.42 Å². The number of carbonyl (C=O) groups excluding carboxylic acids is 2. The molecule has 0 aromatic carbocycles. The lowest BCUT2D eigenvalue weighted by Crippen LogP contribution is -2.52. The first-order chi connectivity index (χ1) is 7.82. The van der Waals surface area contributed by atoms with Crippen LogP contribution in [0.15, 0.2) is 0 Å². The Labute approximate surface area is 97.2 Å². The van der Waals surface area contributed by atoms with Gasteiger partial charge in [0.1, 0.15) is 12.3 Å². The topological polar surface area (TPSA) is 142 Å². The fourth-order valence-corrected chi connectivity index (χ4v) is 1.58. The monoisotopic (exact) mass is 245 g/mol. The van der Waals surface area contributed by atoms with Gasteiger partial charge in [-0.15, -0.1) is 0 Å². The maximum absolute atomic E-state index is 11.4. The Hall–Kier alpha value is -1.67. The van der Waals surface area contributed by atoms with Gasteiger partial charge >= 0.3 is 5.97 Å². The molecule has 1 fully saturated rings. The van der Waals surface area contributed by atoms with Crippen molar-refractivity contribution in [3.63, 3.8) is 0 Å². The third-order valence-corrected chi connectivity index (χ3v) is 2.50. The number of aliphatic hydroxyl groups is 1. The van der Waals surface area contributed by atoms with Crippen LogP contribution in [0.1, 0.15) is 13.3 Å². The molecule has 1 aliphatic rings. The fraction of sp³-hybridized carbons (Fsp3) is 0.667. The minimum atomic E-state index is -1.38. The number of carboxylic acid groups (broad SMARTS) is 1. The molecule has 4 atom stereocenters. The van der Waals surface area contributed by atoms with Crippen molar-refractivity contribution in [2.24, 2.45) is 11.7 Å². The summed E-state index contributed by atoms with van der Waals surface area (Å²) < 4.78 is 0. The molecule has 0 radical (unpaired) electrons. The molecule has 1 rings (SSSR count). The Morgan fingerprint density at radius 3 is 2.53 bits per heavy atom. The number of hydrogen-bond donors (Lipinski definition) is 5. The Balaban J connectivity index is 2.76. The lowest BCUT2D eigenvalue weighted by molar-refractivity contribution is -0.145. The minimum Gasteiger partial charge on any atom is -0.480 e. The molecule has 1 heterocycles. The average Bonchev–Trinajstić information content (AvgIpc) is 2.53. The summed E-state index contributed by atoms with van der Waals surface area (Å²) in [6, 6.07) is -2.25. The van der Waals surface area contributed by atoms with Crippen molar-refractivity contribution >= 4 is 17.8 Å². The molecule has 1 saturated heterocycles. The highest BCUT2D eigenvalue weighted by atomic mass is 16.4. The molecule has 0 bridgehead atoms. The maximum Gasteiger partial charge on any atom is 0.327 e. The van der Waals surface area contributed by atoms with E-state index in [4.69, 9.17) is 10.8 Å². The molecule has 0 saturated carbocycles. The number of amides is 2. The van der Waals surface area contributed by atoms with Crippen LogP contribution in [0.25, 0.3) is 0 Å². The smallest absolute Gasteiger partial charge is 0.327 e. The standard InChI is InChI=1S/C9H15N3O5/c1-3(10)7(14)12-6(9(16)17)4-2-5(13)11-8(4)15/h3-6,13H,2,10H2,1H3,(H,11,15)(H,12,14)(H,16,17)/t3-,4?,5?,6?/m1/s1. The number of nitrogens with one attached hydrogen (secondary N) is 2. The van der Waals surface area contributed by atoms with E-state index in [9.17, 15) is 19.5 Å². The van der Waals surface area contributed by atoms with Crippen LogP contribution in [-0.4, -0.2) is 46.3 Å². The van der Waals surface area contributed by atoms with Crippen molar-refractivity contribution in [3.05, 3.63) is 0 Å². The highest BCUT2D eigenvalue weighted by Gasteiger charge is 2.41. The molecule has 0 spiro atoms. The van der Waals surface area contributed by atoms with Gasteiger partial charge in [-0.1, -0.05) is 0 Å². The maximum atomic E-state index is 11.4. The molecular formula is C9H15N3O5. The third kappa shape index (κ3) is 3.14. The van der Waals surface area contributed by atoms with E-state index in [0.29, 0.717) is 0 Å². The van der Waals surface area contributed by atoms with Gasteiger partial charge in [0.15, 0.2) is 0 Å². The number of nitrogens with two attached hydrogens (primary N) is 1. The number of hydrogen-bond acceptors (Lipinski definition) is 5. The second kappa shape index (κ2) is 5.11. The second-order valence-electron chi connectivity index (χ2n) is 3.98. The van der Waals surface area contributed by atoms with Crippen LogP contribution >= 0.6 is 0 Å². The predicted molar refractivity (Wildman–Crippen MR) is 55.5 cm³/mol. The minimum absolute atomic E-state index is 0.0605. The van der Waals surface area contributed by atoms with Crippen LogP contribution in [-0.2, 0) is 14.4 Å². The summed E-state index contributed by atoms with van der Waals surface area (Å²) in [4.78, 5) is 33.7. The zero-order valence-corrected chi connectivity index (χ0v) is 9.21. The SMILES string of the molecule is C[C@@H](N)C(=O)NC(C(=O)O)C1CC(O)NC1=O. The van der Waals surface area contributed by atoms with E-state index in [1.54, 1.807) is 0 Å². The van der Waals surface area contributed by atoms with Gasteiger partial charge < -0.3 is 26.6 Å². The Morgan fingerprint density at radius 1 is 1.59 bits per heavy atom. The summed E-state index contributed by atoms with van der Waals surface area (Å²) in [5.74, 6) is -3.60. The molecular weight excluding hydrogens is 230 g/mol. The number of aliphatic hydroxyl groups excluding tert-OH is 1. The highest BCUT2D eigenvalue weighted by Crippen LogP contribution is 2.18. The van der Waals surface area contributed by atoms with E-state index in [2.05, 4.69) is 10.6 Å². The Bertz CT molecular complexity index is 344. The van der Waals surface area contributed by atoms with E-state index < -0.39 is 42.0 Å². The van der Waals surface area contributed by atoms with E-state index >= 15 is 0 Å². The van der Waals surface area contributed by atoms with Crippen LogP contribution in [0.3, 0.4) is 0 Å². The molecule has 8 nitrogen and oxygen atoms in total. The predicted octanol–water partition coefficient (Wildman–Crippen LogP) is -2.64. The van der Waals surface area contributed by atoms with Gasteiger partial charge in [-0.2, -0.15) is 0 Å². The van der Waals surface area contributed by atoms with Gasteiger partial charge in [-0.05, 0) is 6.92 Å². The van der Waals surface area contributed by atoms with Crippen molar-refractivity contribution in [1.29, 1.82) is 0 Å². The second-order valence-corrected chi connectivity index (χ2v) is 3.98. The van der Waals surface area contributed by atoms with Gasteiger partial charge in [0.2, 0.25) is 11.8 Å². The summed E-state index contributed by atoms with van der Waals surface area (Å²) in [6.45, 7) is 1.40. The van der Waals surface area contributed by atoms with E-state index in [1.807, 2.05) is 0 Å². The molecule has 0 aliphatic carbocycles. The normalized spacial score (nSPS) is 27.1. The zero-order chi connectivity index (χ0) is 13.2. The molecule has 2 amide bonds. The first-order valence-corrected chi connectivity index (χ1v) is 5.10. The molecule has 96 valence electrons. The van der Waals surface area contributed by atoms with Gasteiger partial charge in [0.05, 0.1) is 12.0 Å². The molecule has 17 heavy (non-hydrogen) atoms. The van der Waals surface area contributed by atoms with E-state index in [0.717, 1.165) is 0 Å². The van der Waals surface area contributed by atoms with Crippen LogP contribution < -0.4 is 16.4 Å². The van der Waals surface area contributed by atoms with Gasteiger partial charge in [0.25, 0.3) is 0 Å². The fourth-order valence-electron chi connectivity index (χ4n) is 1.58. The van der Waals surface area contributed by atoms with Crippen LogP contribution in [0.2, 0.25) is 0 Å². The van der Waals surface area contributed by atoms with E-state index in [1.165, 1.54) is 6.92 Å². The Morgan fingerprint density at radius 2 is 2.18 bits per heavy atom. The summed E-state index contributed by atoms with van der Waals surface area (Å²) in [5, 5.41) is 22.5. The summed E-state index contributed by atoms with van der Waals surface area (Å²) in [7, 11) is 0. The molecule has 6 N–H and O–H groups in total. The molecule has 8 heteroatoms. The average molecular weight is 245 g/mol. The number of aliphatic carboxylic acids is 1. The molecule has 0 aromatic heterocycles. The molecule has 1 aliphatic heterocycles. The van der Waals surface area contributed by atoms with Gasteiger partial charge in [-0.25, -0.2) is 4.79 Å². The van der Waals surface area contributed by atoms with Crippen molar-refractivity contribution < 1.29 is 24.6 Å². The largest absolute Gasteiger partial charge is 0.480 e.